The summed E-state index contributed by atoms with van der Waals surface area (Å²) in [6.07, 6.45) is 0. The molecule has 2 amide bonds. The zero-order chi connectivity index (χ0) is 15.4. The van der Waals surface area contributed by atoms with Gasteiger partial charge in [-0.05, 0) is 23.9 Å². The van der Waals surface area contributed by atoms with Gasteiger partial charge in [-0.2, -0.15) is 0 Å². The number of carbonyl (C=O) groups excluding carboxylic acids is 1. The number of nitrogens with one attached hydrogen (secondary N) is 1. The smallest absolute Gasteiger partial charge is 0.338 e. The minimum absolute atomic E-state index is 0.108. The summed E-state index contributed by atoms with van der Waals surface area (Å²) < 4.78 is 0. The van der Waals surface area contributed by atoms with Gasteiger partial charge in [0.1, 0.15) is 5.00 Å². The lowest BCUT2D eigenvalue weighted by atomic mass is 10.1. The standard InChI is InChI=1S/C15H16N2O3S/c1-10-3-5-11(6-4-10)9-17(2)15(20)16-13-12(14(18)19)7-8-21-13/h3-8H,9H2,1-2H3,(H,16,20)(H,18,19). The zero-order valence-corrected chi connectivity index (χ0v) is 12.6. The normalized spacial score (nSPS) is 10.2. The van der Waals surface area contributed by atoms with E-state index in [2.05, 4.69) is 5.32 Å². The first-order valence-electron chi connectivity index (χ1n) is 6.36. The van der Waals surface area contributed by atoms with E-state index in [-0.39, 0.29) is 11.6 Å². The summed E-state index contributed by atoms with van der Waals surface area (Å²) in [6, 6.07) is 9.05. The summed E-state index contributed by atoms with van der Waals surface area (Å²) in [6.45, 7) is 2.46. The summed E-state index contributed by atoms with van der Waals surface area (Å²) in [7, 11) is 1.67. The largest absolute Gasteiger partial charge is 0.478 e. The fraction of sp³-hybridized carbons (Fsp3) is 0.200. The molecule has 1 heterocycles. The summed E-state index contributed by atoms with van der Waals surface area (Å²) >= 11 is 1.19. The van der Waals surface area contributed by atoms with Gasteiger partial charge in [-0.15, -0.1) is 11.3 Å². The van der Waals surface area contributed by atoms with Crippen LogP contribution in [0.3, 0.4) is 0 Å². The second-order valence-corrected chi connectivity index (χ2v) is 5.66. The first kappa shape index (κ1) is 15.1. The molecule has 6 heteroatoms. The van der Waals surface area contributed by atoms with Gasteiger partial charge < -0.3 is 10.0 Å². The molecule has 0 spiro atoms. The van der Waals surface area contributed by atoms with Crippen LogP contribution in [0.5, 0.6) is 0 Å². The first-order valence-corrected chi connectivity index (χ1v) is 7.24. The maximum atomic E-state index is 12.1. The highest BCUT2D eigenvalue weighted by Gasteiger charge is 2.16. The van der Waals surface area contributed by atoms with Crippen molar-refractivity contribution in [2.45, 2.75) is 13.5 Å². The molecule has 0 atom stereocenters. The summed E-state index contributed by atoms with van der Waals surface area (Å²) in [5.74, 6) is -1.05. The van der Waals surface area contributed by atoms with Crippen LogP contribution >= 0.6 is 11.3 Å². The number of aryl methyl sites for hydroxylation is 1. The molecule has 1 aromatic heterocycles. The first-order chi connectivity index (χ1) is 9.97. The molecule has 2 rings (SSSR count). The number of carbonyl (C=O) groups is 2. The highest BCUT2D eigenvalue weighted by Crippen LogP contribution is 2.23. The number of rotatable bonds is 4. The van der Waals surface area contributed by atoms with E-state index in [1.807, 2.05) is 31.2 Å². The number of amides is 2. The van der Waals surface area contributed by atoms with Crippen molar-refractivity contribution in [2.75, 3.05) is 12.4 Å². The van der Waals surface area contributed by atoms with E-state index in [9.17, 15) is 9.59 Å². The van der Waals surface area contributed by atoms with Gasteiger partial charge in [0.2, 0.25) is 0 Å². The molecule has 0 saturated carbocycles. The third kappa shape index (κ3) is 3.82. The summed E-state index contributed by atoms with van der Waals surface area (Å²) in [4.78, 5) is 24.6. The predicted molar refractivity (Wildman–Crippen MR) is 82.9 cm³/mol. The fourth-order valence-electron chi connectivity index (χ4n) is 1.81. The van der Waals surface area contributed by atoms with Gasteiger partial charge in [-0.25, -0.2) is 9.59 Å². The molecule has 1 aromatic carbocycles. The zero-order valence-electron chi connectivity index (χ0n) is 11.8. The van der Waals surface area contributed by atoms with Crippen LogP contribution in [-0.4, -0.2) is 29.1 Å². The van der Waals surface area contributed by atoms with E-state index in [0.717, 1.165) is 11.1 Å². The third-order valence-corrected chi connectivity index (χ3v) is 3.83. The molecular weight excluding hydrogens is 288 g/mol. The minimum Gasteiger partial charge on any atom is -0.478 e. The predicted octanol–water partition coefficient (Wildman–Crippen LogP) is 3.42. The topological polar surface area (TPSA) is 69.6 Å². The number of anilines is 1. The number of carboxylic acids is 1. The van der Waals surface area contributed by atoms with E-state index < -0.39 is 5.97 Å². The Hall–Kier alpha value is -2.34. The molecule has 0 aliphatic heterocycles. The Labute approximate surface area is 126 Å². The highest BCUT2D eigenvalue weighted by molar-refractivity contribution is 7.14. The van der Waals surface area contributed by atoms with Crippen LogP contribution in [0.2, 0.25) is 0 Å². The lowest BCUT2D eigenvalue weighted by molar-refractivity contribution is 0.0698. The number of hydrogen-bond acceptors (Lipinski definition) is 3. The van der Waals surface area contributed by atoms with Crippen LogP contribution in [0.25, 0.3) is 0 Å². The van der Waals surface area contributed by atoms with Crippen molar-refractivity contribution in [1.29, 1.82) is 0 Å². The Kier molecular flexibility index (Phi) is 4.59. The average Bonchev–Trinajstić information content (AvgIpc) is 2.89. The van der Waals surface area contributed by atoms with Crippen LogP contribution in [0, 0.1) is 6.92 Å². The number of nitrogens with zero attached hydrogens (tertiary/aromatic N) is 1. The lowest BCUT2D eigenvalue weighted by Crippen LogP contribution is -2.31. The third-order valence-electron chi connectivity index (χ3n) is 3.00. The molecule has 2 aromatic rings. The average molecular weight is 304 g/mol. The van der Waals surface area contributed by atoms with Gasteiger partial charge in [0.25, 0.3) is 0 Å². The van der Waals surface area contributed by atoms with E-state index in [1.54, 1.807) is 12.4 Å². The second-order valence-electron chi connectivity index (χ2n) is 4.74. The Morgan fingerprint density at radius 3 is 2.52 bits per heavy atom. The van der Waals surface area contributed by atoms with E-state index in [4.69, 9.17) is 5.11 Å². The molecule has 5 nitrogen and oxygen atoms in total. The van der Waals surface area contributed by atoms with Crippen LogP contribution in [0.15, 0.2) is 35.7 Å². The SMILES string of the molecule is Cc1ccc(CN(C)C(=O)Nc2sccc2C(=O)O)cc1. The molecule has 2 N–H and O–H groups in total. The van der Waals surface area contributed by atoms with Crippen molar-refractivity contribution >= 4 is 28.3 Å². The maximum absolute atomic E-state index is 12.1. The molecule has 0 bridgehead atoms. The molecule has 0 aliphatic carbocycles. The van der Waals surface area contributed by atoms with Crippen molar-refractivity contribution in [3.63, 3.8) is 0 Å². The Balaban J connectivity index is 2.01. The van der Waals surface area contributed by atoms with Crippen molar-refractivity contribution in [3.8, 4) is 0 Å². The van der Waals surface area contributed by atoms with Crippen molar-refractivity contribution < 1.29 is 14.7 Å². The minimum atomic E-state index is -1.05. The maximum Gasteiger partial charge on any atom is 0.338 e. The quantitative estimate of drug-likeness (QED) is 0.909. The van der Waals surface area contributed by atoms with Gasteiger partial charge in [0, 0.05) is 13.6 Å². The Morgan fingerprint density at radius 2 is 1.90 bits per heavy atom. The van der Waals surface area contributed by atoms with Crippen LogP contribution < -0.4 is 5.32 Å². The number of thiophene rings is 1. The van der Waals surface area contributed by atoms with Crippen LogP contribution in [0.1, 0.15) is 21.5 Å². The molecule has 21 heavy (non-hydrogen) atoms. The molecule has 0 unspecified atom stereocenters. The number of hydrogen-bond donors (Lipinski definition) is 2. The highest BCUT2D eigenvalue weighted by atomic mass is 32.1. The van der Waals surface area contributed by atoms with E-state index in [0.29, 0.717) is 11.5 Å². The van der Waals surface area contributed by atoms with Gasteiger partial charge in [-0.1, -0.05) is 29.8 Å². The van der Waals surface area contributed by atoms with Crippen molar-refractivity contribution in [2.24, 2.45) is 0 Å². The van der Waals surface area contributed by atoms with Gasteiger partial charge in [0.15, 0.2) is 0 Å². The molecule has 0 aliphatic rings. The number of urea groups is 1. The number of aromatic carboxylic acids is 1. The van der Waals surface area contributed by atoms with Gasteiger partial charge in [-0.3, -0.25) is 5.32 Å². The van der Waals surface area contributed by atoms with E-state index >= 15 is 0 Å². The molecular formula is C15H16N2O3S. The van der Waals surface area contributed by atoms with Gasteiger partial charge >= 0.3 is 12.0 Å². The van der Waals surface area contributed by atoms with Crippen molar-refractivity contribution in [1.82, 2.24) is 4.90 Å². The van der Waals surface area contributed by atoms with Gasteiger partial charge in [0.05, 0.1) is 5.56 Å². The molecule has 110 valence electrons. The summed E-state index contributed by atoms with van der Waals surface area (Å²) in [5.41, 5.74) is 2.29. The molecule has 0 radical (unpaired) electrons. The van der Waals surface area contributed by atoms with E-state index in [1.165, 1.54) is 22.3 Å². The van der Waals surface area contributed by atoms with Crippen LogP contribution in [0.4, 0.5) is 9.80 Å². The molecule has 0 fully saturated rings. The Bertz CT molecular complexity index is 649. The van der Waals surface area contributed by atoms with Crippen LogP contribution in [-0.2, 0) is 6.54 Å². The number of carboxylic acid groups (broad SMARTS) is 1. The monoisotopic (exact) mass is 304 g/mol. The second kappa shape index (κ2) is 6.41. The summed E-state index contributed by atoms with van der Waals surface area (Å²) in [5, 5.41) is 13.6. The Morgan fingerprint density at radius 1 is 1.24 bits per heavy atom. The number of benzene rings is 1. The molecule has 0 saturated heterocycles. The lowest BCUT2D eigenvalue weighted by Gasteiger charge is -2.18. The van der Waals surface area contributed by atoms with Crippen molar-refractivity contribution in [3.05, 3.63) is 52.4 Å². The fourth-order valence-corrected chi connectivity index (χ4v) is 2.57.